The second-order valence-corrected chi connectivity index (χ2v) is 7.12. The largest absolute Gasteiger partial charge is 0.419 e. The van der Waals surface area contributed by atoms with Crippen LogP contribution in [0.25, 0.3) is 11.1 Å². The highest BCUT2D eigenvalue weighted by molar-refractivity contribution is 6.35. The number of rotatable bonds is 5. The first kappa shape index (κ1) is 18.8. The first-order chi connectivity index (χ1) is 12.3. The second-order valence-electron chi connectivity index (χ2n) is 5.84. The smallest absolute Gasteiger partial charge is 0.408 e. The van der Waals surface area contributed by atoms with Crippen molar-refractivity contribution in [1.82, 2.24) is 9.88 Å². The zero-order valence-electron chi connectivity index (χ0n) is 13.8. The number of nitrogens with zero attached hydrogens (tertiary/aromatic N) is 1. The summed E-state index contributed by atoms with van der Waals surface area (Å²) in [5.74, 6) is -0.734. The van der Waals surface area contributed by atoms with Crippen molar-refractivity contribution < 1.29 is 9.21 Å². The van der Waals surface area contributed by atoms with E-state index in [-0.39, 0.29) is 24.9 Å². The van der Waals surface area contributed by atoms with Crippen LogP contribution in [-0.4, -0.2) is 10.5 Å². The third kappa shape index (κ3) is 4.06. The summed E-state index contributed by atoms with van der Waals surface area (Å²) in [7, 11) is 0. The lowest BCUT2D eigenvalue weighted by molar-refractivity contribution is -0.121. The van der Waals surface area contributed by atoms with Gasteiger partial charge in [-0.2, -0.15) is 0 Å². The Kier molecular flexibility index (Phi) is 5.61. The number of hydrogen-bond donors (Lipinski definition) is 1. The molecule has 26 heavy (non-hydrogen) atoms. The summed E-state index contributed by atoms with van der Waals surface area (Å²) in [6, 6.07) is 9.75. The van der Waals surface area contributed by atoms with E-state index in [2.05, 4.69) is 5.32 Å². The number of carbonyl (C=O) groups excluding carboxylic acids is 1. The van der Waals surface area contributed by atoms with E-state index >= 15 is 0 Å². The molecule has 0 aliphatic heterocycles. The summed E-state index contributed by atoms with van der Waals surface area (Å²) in [5.41, 5.74) is 1.76. The molecule has 0 saturated carbocycles. The molecule has 3 rings (SSSR count). The molecule has 0 spiro atoms. The van der Waals surface area contributed by atoms with Crippen LogP contribution in [-0.2, 0) is 11.3 Å². The fourth-order valence-corrected chi connectivity index (χ4v) is 3.44. The van der Waals surface area contributed by atoms with Gasteiger partial charge in [-0.15, -0.1) is 0 Å². The molecule has 1 amide bonds. The SMILES string of the molecule is C[C@@H](NC(=O)CCn1c(=O)oc2cc(Cl)ccc21)c1ccc(Cl)cc1Cl. The van der Waals surface area contributed by atoms with Crippen molar-refractivity contribution >= 4 is 51.8 Å². The van der Waals surface area contributed by atoms with Gasteiger partial charge in [0.1, 0.15) is 0 Å². The van der Waals surface area contributed by atoms with Crippen LogP contribution in [0.1, 0.15) is 24.9 Å². The molecule has 1 atom stereocenters. The number of hydrogen-bond acceptors (Lipinski definition) is 3. The minimum Gasteiger partial charge on any atom is -0.408 e. The number of carbonyl (C=O) groups is 1. The Morgan fingerprint density at radius 3 is 2.58 bits per heavy atom. The van der Waals surface area contributed by atoms with E-state index in [9.17, 15) is 9.59 Å². The lowest BCUT2D eigenvalue weighted by atomic mass is 10.1. The Balaban J connectivity index is 1.68. The molecular formula is C18H15Cl3N2O3. The molecule has 1 aromatic heterocycles. The quantitative estimate of drug-likeness (QED) is 0.652. The molecule has 1 heterocycles. The predicted molar refractivity (Wildman–Crippen MR) is 103 cm³/mol. The number of nitrogens with one attached hydrogen (secondary N) is 1. The van der Waals surface area contributed by atoms with E-state index in [1.807, 2.05) is 6.92 Å². The maximum atomic E-state index is 12.3. The molecule has 5 nitrogen and oxygen atoms in total. The van der Waals surface area contributed by atoms with Gasteiger partial charge in [-0.25, -0.2) is 4.79 Å². The van der Waals surface area contributed by atoms with Crippen LogP contribution in [0.5, 0.6) is 0 Å². The van der Waals surface area contributed by atoms with Crippen LogP contribution < -0.4 is 11.1 Å². The number of aromatic nitrogens is 1. The summed E-state index contributed by atoms with van der Waals surface area (Å²) >= 11 is 17.9. The first-order valence-electron chi connectivity index (χ1n) is 7.88. The Bertz CT molecular complexity index is 1030. The highest BCUT2D eigenvalue weighted by Crippen LogP contribution is 2.26. The van der Waals surface area contributed by atoms with Crippen LogP contribution >= 0.6 is 34.8 Å². The maximum absolute atomic E-state index is 12.3. The number of oxazole rings is 1. The molecule has 0 unspecified atom stereocenters. The highest BCUT2D eigenvalue weighted by Gasteiger charge is 2.15. The summed E-state index contributed by atoms with van der Waals surface area (Å²) in [6.07, 6.45) is 0.118. The summed E-state index contributed by atoms with van der Waals surface area (Å²) in [4.78, 5) is 24.2. The van der Waals surface area contributed by atoms with Gasteiger partial charge in [-0.3, -0.25) is 9.36 Å². The molecule has 2 aromatic carbocycles. The lowest BCUT2D eigenvalue weighted by Gasteiger charge is -2.16. The molecule has 8 heteroatoms. The molecule has 3 aromatic rings. The van der Waals surface area contributed by atoms with Gasteiger partial charge in [-0.05, 0) is 36.8 Å². The summed E-state index contributed by atoms with van der Waals surface area (Å²) < 4.78 is 6.56. The Hall–Kier alpha value is -1.95. The van der Waals surface area contributed by atoms with Gasteiger partial charge in [-0.1, -0.05) is 40.9 Å². The minimum absolute atomic E-state index is 0.118. The van der Waals surface area contributed by atoms with Gasteiger partial charge in [0.15, 0.2) is 5.58 Å². The number of aryl methyl sites for hydroxylation is 1. The molecule has 1 N–H and O–H groups in total. The van der Waals surface area contributed by atoms with Gasteiger partial charge in [0.2, 0.25) is 5.91 Å². The second kappa shape index (κ2) is 7.74. The van der Waals surface area contributed by atoms with Gasteiger partial charge in [0.05, 0.1) is 11.6 Å². The van der Waals surface area contributed by atoms with Crippen molar-refractivity contribution in [2.45, 2.75) is 25.9 Å². The maximum Gasteiger partial charge on any atom is 0.419 e. The summed E-state index contributed by atoms with van der Waals surface area (Å²) in [5, 5.41) is 4.36. The van der Waals surface area contributed by atoms with Crippen LogP contribution in [0, 0.1) is 0 Å². The zero-order valence-corrected chi connectivity index (χ0v) is 16.0. The van der Waals surface area contributed by atoms with Crippen molar-refractivity contribution in [2.75, 3.05) is 0 Å². The molecule has 0 bridgehead atoms. The van der Waals surface area contributed by atoms with Crippen molar-refractivity contribution in [3.05, 3.63) is 67.6 Å². The van der Waals surface area contributed by atoms with E-state index < -0.39 is 5.76 Å². The van der Waals surface area contributed by atoms with Crippen molar-refractivity contribution in [1.29, 1.82) is 0 Å². The predicted octanol–water partition coefficient (Wildman–Crippen LogP) is 4.82. The van der Waals surface area contributed by atoms with Crippen molar-refractivity contribution in [3.8, 4) is 0 Å². The normalized spacial score (nSPS) is 12.3. The van der Waals surface area contributed by atoms with Crippen LogP contribution in [0.3, 0.4) is 0 Å². The Labute approximate surface area is 164 Å². The summed E-state index contributed by atoms with van der Waals surface area (Å²) in [6.45, 7) is 2.02. The van der Waals surface area contributed by atoms with Gasteiger partial charge < -0.3 is 9.73 Å². The fraction of sp³-hybridized carbons (Fsp3) is 0.222. The van der Waals surface area contributed by atoms with Crippen LogP contribution in [0.4, 0.5) is 0 Å². The third-order valence-electron chi connectivity index (χ3n) is 4.00. The monoisotopic (exact) mass is 412 g/mol. The van der Waals surface area contributed by atoms with E-state index in [1.54, 1.807) is 36.4 Å². The Morgan fingerprint density at radius 1 is 1.15 bits per heavy atom. The van der Waals surface area contributed by atoms with Crippen molar-refractivity contribution in [3.63, 3.8) is 0 Å². The minimum atomic E-state index is -0.524. The topological polar surface area (TPSA) is 64.2 Å². The number of halogens is 3. The lowest BCUT2D eigenvalue weighted by Crippen LogP contribution is -2.28. The standard InChI is InChI=1S/C18H15Cl3N2O3/c1-10(13-4-2-11(19)8-14(13)21)22-17(24)6-7-23-15-5-3-12(20)9-16(15)26-18(23)25/h2-5,8-10H,6-7H2,1H3,(H,22,24)/t10-/m1/s1. The highest BCUT2D eigenvalue weighted by atomic mass is 35.5. The molecule has 136 valence electrons. The molecule has 0 fully saturated rings. The number of amides is 1. The molecule has 0 radical (unpaired) electrons. The fourth-order valence-electron chi connectivity index (χ4n) is 2.71. The van der Waals surface area contributed by atoms with Crippen molar-refractivity contribution in [2.24, 2.45) is 0 Å². The van der Waals surface area contributed by atoms with Crippen LogP contribution in [0.15, 0.2) is 45.6 Å². The van der Waals surface area contributed by atoms with E-state index in [0.717, 1.165) is 5.56 Å². The average molecular weight is 414 g/mol. The molecular weight excluding hydrogens is 399 g/mol. The zero-order chi connectivity index (χ0) is 18.8. The molecule has 0 aliphatic rings. The molecule has 0 saturated heterocycles. The van der Waals surface area contributed by atoms with Crippen LogP contribution in [0.2, 0.25) is 15.1 Å². The van der Waals surface area contributed by atoms with E-state index in [0.29, 0.717) is 26.2 Å². The first-order valence-corrected chi connectivity index (χ1v) is 9.02. The number of fused-ring (bicyclic) bond motifs is 1. The van der Waals surface area contributed by atoms with Gasteiger partial charge >= 0.3 is 5.76 Å². The molecule has 0 aliphatic carbocycles. The average Bonchev–Trinajstić information content (AvgIpc) is 2.87. The van der Waals surface area contributed by atoms with Gasteiger partial charge in [0.25, 0.3) is 0 Å². The van der Waals surface area contributed by atoms with Gasteiger partial charge in [0, 0.05) is 34.1 Å². The number of benzene rings is 2. The van der Waals surface area contributed by atoms with E-state index in [4.69, 9.17) is 39.2 Å². The van der Waals surface area contributed by atoms with E-state index in [1.165, 1.54) is 4.57 Å². The third-order valence-corrected chi connectivity index (χ3v) is 4.80. The Morgan fingerprint density at radius 2 is 1.85 bits per heavy atom.